The number of benzene rings is 1. The fourth-order valence-electron chi connectivity index (χ4n) is 2.73. The smallest absolute Gasteiger partial charge is 0.146 e. The summed E-state index contributed by atoms with van der Waals surface area (Å²) in [5.41, 5.74) is 1.32. The van der Waals surface area contributed by atoms with Gasteiger partial charge < -0.3 is 10.0 Å². The quantitative estimate of drug-likeness (QED) is 0.885. The molecule has 0 aromatic heterocycles. The molecule has 18 heavy (non-hydrogen) atoms. The molecule has 2 nitrogen and oxygen atoms in total. The van der Waals surface area contributed by atoms with E-state index in [1.54, 1.807) is 13.0 Å². The van der Waals surface area contributed by atoms with Gasteiger partial charge >= 0.3 is 0 Å². The van der Waals surface area contributed by atoms with Crippen molar-refractivity contribution in [1.29, 1.82) is 0 Å². The van der Waals surface area contributed by atoms with Crippen LogP contribution in [0.15, 0.2) is 18.2 Å². The van der Waals surface area contributed by atoms with Crippen LogP contribution in [-0.2, 0) is 0 Å². The maximum atomic E-state index is 14.0. The molecular weight excluding hydrogens is 229 g/mol. The van der Waals surface area contributed by atoms with Gasteiger partial charge in [0.15, 0.2) is 0 Å². The number of hydrogen-bond donors (Lipinski definition) is 1. The zero-order valence-corrected chi connectivity index (χ0v) is 11.2. The standard InChI is InChI=1S/C15H22FNO/c1-3-4-12-7-8-17(10-12)15-6-5-13(11(2)18)9-14(15)16/h5-6,9,11-12,18H,3-4,7-8,10H2,1-2H3/t11-,12?/m0/s1. The Labute approximate surface area is 108 Å². The molecule has 0 saturated carbocycles. The van der Waals surface area contributed by atoms with Crippen LogP contribution >= 0.6 is 0 Å². The third-order valence-electron chi connectivity index (χ3n) is 3.78. The monoisotopic (exact) mass is 251 g/mol. The lowest BCUT2D eigenvalue weighted by atomic mass is 10.0. The van der Waals surface area contributed by atoms with Gasteiger partial charge in [0, 0.05) is 13.1 Å². The molecule has 1 fully saturated rings. The van der Waals surface area contributed by atoms with Gasteiger partial charge in [0.25, 0.3) is 0 Å². The first-order valence-electron chi connectivity index (χ1n) is 6.84. The van der Waals surface area contributed by atoms with E-state index in [9.17, 15) is 9.50 Å². The molecule has 0 spiro atoms. The topological polar surface area (TPSA) is 23.5 Å². The minimum Gasteiger partial charge on any atom is -0.389 e. The second-order valence-corrected chi connectivity index (χ2v) is 5.28. The molecule has 100 valence electrons. The highest BCUT2D eigenvalue weighted by Gasteiger charge is 2.23. The third kappa shape index (κ3) is 2.83. The molecule has 1 N–H and O–H groups in total. The first-order chi connectivity index (χ1) is 8.61. The molecule has 0 amide bonds. The Balaban J connectivity index is 2.10. The Kier molecular flexibility index (Phi) is 4.23. The number of rotatable bonds is 4. The largest absolute Gasteiger partial charge is 0.389 e. The van der Waals surface area contributed by atoms with Gasteiger partial charge in [0.1, 0.15) is 5.82 Å². The van der Waals surface area contributed by atoms with Crippen LogP contribution in [0.4, 0.5) is 10.1 Å². The van der Waals surface area contributed by atoms with Gasteiger partial charge in [-0.05, 0) is 43.4 Å². The number of halogens is 1. The molecule has 1 aliphatic rings. The average molecular weight is 251 g/mol. The Hall–Kier alpha value is -1.09. The zero-order chi connectivity index (χ0) is 13.1. The summed E-state index contributed by atoms with van der Waals surface area (Å²) in [7, 11) is 0. The third-order valence-corrected chi connectivity index (χ3v) is 3.78. The molecule has 1 aliphatic heterocycles. The Morgan fingerprint density at radius 3 is 2.89 bits per heavy atom. The van der Waals surface area contributed by atoms with Crippen LogP contribution in [-0.4, -0.2) is 18.2 Å². The molecule has 3 heteroatoms. The van der Waals surface area contributed by atoms with E-state index < -0.39 is 6.10 Å². The molecule has 1 heterocycles. The summed E-state index contributed by atoms with van der Waals surface area (Å²) >= 11 is 0. The minimum atomic E-state index is -0.611. The van der Waals surface area contributed by atoms with Crippen molar-refractivity contribution >= 4 is 5.69 Å². The van der Waals surface area contributed by atoms with Crippen LogP contribution in [0.2, 0.25) is 0 Å². The predicted octanol–water partition coefficient (Wildman–Crippen LogP) is 3.51. The van der Waals surface area contributed by atoms with E-state index in [2.05, 4.69) is 11.8 Å². The summed E-state index contributed by atoms with van der Waals surface area (Å²) in [6.45, 7) is 5.75. The molecular formula is C15H22FNO. The predicted molar refractivity (Wildman–Crippen MR) is 72.3 cm³/mol. The van der Waals surface area contributed by atoms with Crippen molar-refractivity contribution in [3.05, 3.63) is 29.6 Å². The summed E-state index contributed by atoms with van der Waals surface area (Å²) < 4.78 is 14.0. The van der Waals surface area contributed by atoms with Crippen molar-refractivity contribution in [2.24, 2.45) is 5.92 Å². The van der Waals surface area contributed by atoms with Crippen LogP contribution in [0.3, 0.4) is 0 Å². The summed E-state index contributed by atoms with van der Waals surface area (Å²) in [5.74, 6) is 0.483. The number of hydrogen-bond acceptors (Lipinski definition) is 2. The van der Waals surface area contributed by atoms with E-state index in [4.69, 9.17) is 0 Å². The van der Waals surface area contributed by atoms with Gasteiger partial charge in [-0.1, -0.05) is 19.4 Å². The normalized spacial score (nSPS) is 21.3. The van der Waals surface area contributed by atoms with E-state index >= 15 is 0 Å². The van der Waals surface area contributed by atoms with Gasteiger partial charge in [-0.25, -0.2) is 4.39 Å². The van der Waals surface area contributed by atoms with Gasteiger partial charge in [0.2, 0.25) is 0 Å². The lowest BCUT2D eigenvalue weighted by Crippen LogP contribution is -2.20. The highest BCUT2D eigenvalue weighted by atomic mass is 19.1. The van der Waals surface area contributed by atoms with Crippen LogP contribution in [0.25, 0.3) is 0 Å². The molecule has 1 saturated heterocycles. The number of anilines is 1. The first-order valence-corrected chi connectivity index (χ1v) is 6.84. The van der Waals surface area contributed by atoms with Crippen molar-refractivity contribution in [3.63, 3.8) is 0 Å². The van der Waals surface area contributed by atoms with Crippen molar-refractivity contribution in [2.45, 2.75) is 39.2 Å². The summed E-state index contributed by atoms with van der Waals surface area (Å²) in [5, 5.41) is 9.44. The first kappa shape index (κ1) is 13.3. The molecule has 0 radical (unpaired) electrons. The number of aliphatic hydroxyl groups excluding tert-OH is 1. The van der Waals surface area contributed by atoms with Crippen LogP contribution in [0.1, 0.15) is 44.8 Å². The molecule has 1 aromatic rings. The second-order valence-electron chi connectivity index (χ2n) is 5.28. The maximum absolute atomic E-state index is 14.0. The van der Waals surface area contributed by atoms with Crippen LogP contribution in [0, 0.1) is 11.7 Å². The Morgan fingerprint density at radius 1 is 1.50 bits per heavy atom. The van der Waals surface area contributed by atoms with E-state index in [-0.39, 0.29) is 5.82 Å². The molecule has 1 unspecified atom stereocenters. The van der Waals surface area contributed by atoms with Crippen molar-refractivity contribution in [1.82, 2.24) is 0 Å². The average Bonchev–Trinajstić information content (AvgIpc) is 2.77. The zero-order valence-electron chi connectivity index (χ0n) is 11.2. The van der Waals surface area contributed by atoms with Crippen LogP contribution < -0.4 is 4.90 Å². The van der Waals surface area contributed by atoms with E-state index in [0.29, 0.717) is 17.2 Å². The SMILES string of the molecule is CCCC1CCN(c2ccc([C@H](C)O)cc2F)C1. The minimum absolute atomic E-state index is 0.217. The fourth-order valence-corrected chi connectivity index (χ4v) is 2.73. The lowest BCUT2D eigenvalue weighted by molar-refractivity contribution is 0.199. The van der Waals surface area contributed by atoms with E-state index in [0.717, 1.165) is 19.5 Å². The van der Waals surface area contributed by atoms with Crippen LogP contribution in [0.5, 0.6) is 0 Å². The Bertz CT molecular complexity index is 405. The number of aliphatic hydroxyl groups is 1. The van der Waals surface area contributed by atoms with Crippen molar-refractivity contribution < 1.29 is 9.50 Å². The van der Waals surface area contributed by atoms with Gasteiger partial charge in [-0.2, -0.15) is 0 Å². The molecule has 2 atom stereocenters. The molecule has 1 aromatic carbocycles. The highest BCUT2D eigenvalue weighted by molar-refractivity contribution is 5.50. The molecule has 0 bridgehead atoms. The van der Waals surface area contributed by atoms with Crippen molar-refractivity contribution in [2.75, 3.05) is 18.0 Å². The van der Waals surface area contributed by atoms with Gasteiger partial charge in [-0.3, -0.25) is 0 Å². The van der Waals surface area contributed by atoms with E-state index in [1.165, 1.54) is 18.9 Å². The molecule has 0 aliphatic carbocycles. The summed E-state index contributed by atoms with van der Waals surface area (Å²) in [6.07, 6.45) is 2.97. The van der Waals surface area contributed by atoms with Crippen molar-refractivity contribution in [3.8, 4) is 0 Å². The lowest BCUT2D eigenvalue weighted by Gasteiger charge is -2.20. The summed E-state index contributed by atoms with van der Waals surface area (Å²) in [6, 6.07) is 5.06. The number of nitrogens with zero attached hydrogens (tertiary/aromatic N) is 1. The second kappa shape index (κ2) is 5.70. The highest BCUT2D eigenvalue weighted by Crippen LogP contribution is 2.29. The fraction of sp³-hybridized carbons (Fsp3) is 0.600. The van der Waals surface area contributed by atoms with Gasteiger partial charge in [0.05, 0.1) is 11.8 Å². The summed E-state index contributed by atoms with van der Waals surface area (Å²) in [4.78, 5) is 2.13. The maximum Gasteiger partial charge on any atom is 0.146 e. The Morgan fingerprint density at radius 2 is 2.28 bits per heavy atom. The van der Waals surface area contributed by atoms with E-state index in [1.807, 2.05) is 6.07 Å². The van der Waals surface area contributed by atoms with Gasteiger partial charge in [-0.15, -0.1) is 0 Å². The molecule has 2 rings (SSSR count).